The maximum atomic E-state index is 5.78. The lowest BCUT2D eigenvalue weighted by Gasteiger charge is -2.49. The van der Waals surface area contributed by atoms with Crippen LogP contribution in [0.5, 0.6) is 17.2 Å². The van der Waals surface area contributed by atoms with Crippen LogP contribution in [0, 0.1) is 5.92 Å². The largest absolute Gasteiger partial charge is 0.493 e. The summed E-state index contributed by atoms with van der Waals surface area (Å²) >= 11 is 0. The lowest BCUT2D eigenvalue weighted by atomic mass is 9.78. The highest BCUT2D eigenvalue weighted by Gasteiger charge is 2.43. The van der Waals surface area contributed by atoms with Gasteiger partial charge < -0.3 is 14.2 Å². The Labute approximate surface area is 169 Å². The summed E-state index contributed by atoms with van der Waals surface area (Å²) in [4.78, 5) is 5.52. The van der Waals surface area contributed by atoms with E-state index >= 15 is 0 Å². The lowest BCUT2D eigenvalue weighted by molar-refractivity contribution is -0.00417. The van der Waals surface area contributed by atoms with E-state index in [1.54, 1.807) is 21.3 Å². The van der Waals surface area contributed by atoms with Crippen LogP contribution in [-0.2, 0) is 6.54 Å². The van der Waals surface area contributed by atoms with Crippen LogP contribution >= 0.6 is 0 Å². The van der Waals surface area contributed by atoms with Crippen LogP contribution in [0.1, 0.15) is 50.5 Å². The minimum Gasteiger partial charge on any atom is -0.493 e. The van der Waals surface area contributed by atoms with Crippen molar-refractivity contribution in [2.24, 2.45) is 5.92 Å². The zero-order valence-corrected chi connectivity index (χ0v) is 17.8. The summed E-state index contributed by atoms with van der Waals surface area (Å²) < 4.78 is 16.9. The summed E-state index contributed by atoms with van der Waals surface area (Å²) in [5, 5.41) is 0. The Kier molecular flexibility index (Phi) is 6.32. The molecule has 2 aliphatic heterocycles. The molecule has 5 heteroatoms. The molecule has 0 amide bonds. The van der Waals surface area contributed by atoms with E-state index in [1.807, 2.05) is 6.07 Å². The van der Waals surface area contributed by atoms with Gasteiger partial charge in [0.2, 0.25) is 5.75 Å². The van der Waals surface area contributed by atoms with Crippen LogP contribution < -0.4 is 14.2 Å². The Morgan fingerprint density at radius 3 is 2.32 bits per heavy atom. The molecule has 2 saturated heterocycles. The molecule has 2 atom stereocenters. The van der Waals surface area contributed by atoms with Gasteiger partial charge in [0, 0.05) is 37.3 Å². The van der Waals surface area contributed by atoms with E-state index in [2.05, 4.69) is 15.9 Å². The Morgan fingerprint density at radius 2 is 1.61 bits per heavy atom. The van der Waals surface area contributed by atoms with E-state index in [0.29, 0.717) is 11.8 Å². The number of piperazine rings is 1. The maximum Gasteiger partial charge on any atom is 0.203 e. The zero-order chi connectivity index (χ0) is 19.5. The molecule has 0 unspecified atom stereocenters. The van der Waals surface area contributed by atoms with Gasteiger partial charge in [-0.2, -0.15) is 0 Å². The van der Waals surface area contributed by atoms with Gasteiger partial charge in [-0.1, -0.05) is 25.3 Å². The molecule has 1 saturated carbocycles. The monoisotopic (exact) mass is 388 g/mol. The van der Waals surface area contributed by atoms with Gasteiger partial charge in [0.1, 0.15) is 0 Å². The molecule has 2 heterocycles. The second-order valence-electron chi connectivity index (χ2n) is 8.60. The molecule has 1 aliphatic carbocycles. The van der Waals surface area contributed by atoms with Gasteiger partial charge in [0.05, 0.1) is 21.3 Å². The predicted octanol–water partition coefficient (Wildman–Crippen LogP) is 3.94. The minimum absolute atomic E-state index is 0.675. The molecule has 3 aliphatic rings. The number of rotatable bonds is 6. The first-order chi connectivity index (χ1) is 13.8. The molecule has 0 N–H and O–H groups in total. The number of methoxy groups -OCH3 is 3. The summed E-state index contributed by atoms with van der Waals surface area (Å²) in [5.74, 6) is 3.09. The highest BCUT2D eigenvalue weighted by molar-refractivity contribution is 5.55. The molecule has 0 radical (unpaired) electrons. The SMILES string of the molecule is COc1ccc(CN2CCN3CCC[C@@H]3[C@@H]2C2CCCCC2)c(OC)c1OC. The van der Waals surface area contributed by atoms with Crippen LogP contribution in [0.15, 0.2) is 12.1 Å². The molecule has 0 bridgehead atoms. The smallest absolute Gasteiger partial charge is 0.203 e. The van der Waals surface area contributed by atoms with Crippen molar-refractivity contribution in [3.05, 3.63) is 17.7 Å². The molecule has 28 heavy (non-hydrogen) atoms. The molecule has 0 spiro atoms. The van der Waals surface area contributed by atoms with Crippen molar-refractivity contribution in [1.29, 1.82) is 0 Å². The van der Waals surface area contributed by atoms with E-state index in [9.17, 15) is 0 Å². The second kappa shape index (κ2) is 8.91. The van der Waals surface area contributed by atoms with Crippen molar-refractivity contribution in [1.82, 2.24) is 9.80 Å². The molecule has 3 fully saturated rings. The number of ether oxygens (including phenoxy) is 3. The van der Waals surface area contributed by atoms with Crippen molar-refractivity contribution >= 4 is 0 Å². The molecular weight excluding hydrogens is 352 g/mol. The second-order valence-corrected chi connectivity index (χ2v) is 8.60. The Morgan fingerprint density at radius 1 is 0.821 bits per heavy atom. The molecule has 0 aromatic heterocycles. The first-order valence-corrected chi connectivity index (χ1v) is 11.0. The molecule has 156 valence electrons. The summed E-state index contributed by atoms with van der Waals surface area (Å²) in [6.45, 7) is 4.56. The predicted molar refractivity (Wildman–Crippen MR) is 111 cm³/mol. The average molecular weight is 389 g/mol. The first kappa shape index (κ1) is 19.8. The Hall–Kier alpha value is -1.46. The van der Waals surface area contributed by atoms with Crippen molar-refractivity contribution < 1.29 is 14.2 Å². The quantitative estimate of drug-likeness (QED) is 0.737. The standard InChI is InChI=1S/C23H36N2O3/c1-26-20-12-11-18(22(27-2)23(20)28-3)16-25-15-14-24-13-7-10-19(24)21(25)17-8-5-4-6-9-17/h11-12,17,19,21H,4-10,13-16H2,1-3H3/t19-,21+/m1/s1. The minimum atomic E-state index is 0.675. The number of hydrogen-bond acceptors (Lipinski definition) is 5. The number of benzene rings is 1. The highest BCUT2D eigenvalue weighted by Crippen LogP contribution is 2.42. The van der Waals surface area contributed by atoms with Gasteiger partial charge in [-0.25, -0.2) is 0 Å². The van der Waals surface area contributed by atoms with Gasteiger partial charge in [-0.05, 0) is 44.2 Å². The summed E-state index contributed by atoms with van der Waals surface area (Å²) in [7, 11) is 5.09. The van der Waals surface area contributed by atoms with E-state index in [-0.39, 0.29) is 0 Å². The van der Waals surface area contributed by atoms with E-state index < -0.39 is 0 Å². The normalized spacial score (nSPS) is 26.8. The number of hydrogen-bond donors (Lipinski definition) is 0. The van der Waals surface area contributed by atoms with Gasteiger partial charge in [0.25, 0.3) is 0 Å². The highest BCUT2D eigenvalue weighted by atomic mass is 16.5. The van der Waals surface area contributed by atoms with Crippen LogP contribution in [-0.4, -0.2) is 62.8 Å². The van der Waals surface area contributed by atoms with Gasteiger partial charge in [0.15, 0.2) is 11.5 Å². The van der Waals surface area contributed by atoms with Crippen molar-refractivity contribution in [2.45, 2.75) is 63.6 Å². The Balaban J connectivity index is 1.61. The molecule has 1 aromatic rings. The Bertz CT molecular complexity index is 659. The maximum absolute atomic E-state index is 5.78. The summed E-state index contributed by atoms with van der Waals surface area (Å²) in [6, 6.07) is 5.58. The summed E-state index contributed by atoms with van der Waals surface area (Å²) in [5.41, 5.74) is 1.20. The lowest BCUT2D eigenvalue weighted by Crippen LogP contribution is -2.59. The van der Waals surface area contributed by atoms with Crippen LogP contribution in [0.2, 0.25) is 0 Å². The van der Waals surface area contributed by atoms with Gasteiger partial charge >= 0.3 is 0 Å². The topological polar surface area (TPSA) is 34.2 Å². The van der Waals surface area contributed by atoms with Gasteiger partial charge in [-0.15, -0.1) is 0 Å². The average Bonchev–Trinajstić information content (AvgIpc) is 3.22. The number of fused-ring (bicyclic) bond motifs is 1. The summed E-state index contributed by atoms with van der Waals surface area (Å²) in [6.07, 6.45) is 9.75. The van der Waals surface area contributed by atoms with Crippen molar-refractivity contribution in [2.75, 3.05) is 41.0 Å². The van der Waals surface area contributed by atoms with E-state index in [1.165, 1.54) is 63.6 Å². The zero-order valence-electron chi connectivity index (χ0n) is 17.8. The fourth-order valence-electron chi connectivity index (χ4n) is 5.94. The molecule has 1 aromatic carbocycles. The van der Waals surface area contributed by atoms with Crippen LogP contribution in [0.3, 0.4) is 0 Å². The molecule has 4 rings (SSSR count). The van der Waals surface area contributed by atoms with Gasteiger partial charge in [-0.3, -0.25) is 9.80 Å². The third-order valence-corrected chi connectivity index (χ3v) is 7.20. The van der Waals surface area contributed by atoms with Crippen molar-refractivity contribution in [3.63, 3.8) is 0 Å². The molecule has 5 nitrogen and oxygen atoms in total. The fraction of sp³-hybridized carbons (Fsp3) is 0.739. The first-order valence-electron chi connectivity index (χ1n) is 11.0. The van der Waals surface area contributed by atoms with E-state index in [0.717, 1.165) is 36.5 Å². The van der Waals surface area contributed by atoms with E-state index in [4.69, 9.17) is 14.2 Å². The third-order valence-electron chi connectivity index (χ3n) is 7.20. The number of nitrogens with zero attached hydrogens (tertiary/aromatic N) is 2. The van der Waals surface area contributed by atoms with Crippen LogP contribution in [0.25, 0.3) is 0 Å². The molecular formula is C23H36N2O3. The third kappa shape index (κ3) is 3.71. The van der Waals surface area contributed by atoms with Crippen molar-refractivity contribution in [3.8, 4) is 17.2 Å². The van der Waals surface area contributed by atoms with Crippen LogP contribution in [0.4, 0.5) is 0 Å². The fourth-order valence-corrected chi connectivity index (χ4v) is 5.94.